The maximum absolute atomic E-state index is 11.9. The van der Waals surface area contributed by atoms with Crippen LogP contribution in [0.2, 0.25) is 0 Å². The maximum Gasteiger partial charge on any atom is 0.640 e. The number of nitrogens with zero attached hydrogens (tertiary/aromatic N) is 8. The van der Waals surface area contributed by atoms with E-state index in [1.165, 1.54) is 0 Å². The molecule has 18 nitrogen and oxygen atoms in total. The molecule has 1 N–H and O–H groups in total. The van der Waals surface area contributed by atoms with E-state index in [1.807, 2.05) is 0 Å². The van der Waals surface area contributed by atoms with Crippen LogP contribution in [-0.4, -0.2) is 73.0 Å². The Morgan fingerprint density at radius 3 is 2.45 bits per heavy atom. The topological polar surface area (TPSA) is 209 Å². The summed E-state index contributed by atoms with van der Waals surface area (Å²) in [5.41, 5.74) is -0.906. The van der Waals surface area contributed by atoms with Gasteiger partial charge in [0.05, 0.1) is 20.3 Å². The van der Waals surface area contributed by atoms with Crippen molar-refractivity contribution in [3.05, 3.63) is 28.8 Å². The van der Waals surface area contributed by atoms with E-state index in [-0.39, 0.29) is 0 Å². The Morgan fingerprint density at radius 1 is 1.10 bits per heavy atom. The molecule has 0 fully saturated rings. The molecule has 2 amide bonds. The summed E-state index contributed by atoms with van der Waals surface area (Å²) >= 11 is 0. The number of urea groups is 1. The number of hydrogen-bond donors (Lipinski definition) is 1. The molecule has 0 saturated carbocycles. The molecule has 19 heteroatoms. The second-order valence-corrected chi connectivity index (χ2v) is 6.53. The Kier molecular flexibility index (Phi) is 7.86. The van der Waals surface area contributed by atoms with Crippen molar-refractivity contribution < 1.29 is 51.8 Å². The molecule has 0 spiro atoms. The summed E-state index contributed by atoms with van der Waals surface area (Å²) in [5, 5.41) is 13.5. The molecule has 0 bridgehead atoms. The molecule has 1 unspecified atom stereocenters. The highest BCUT2D eigenvalue weighted by molar-refractivity contribution is 7.47. The van der Waals surface area contributed by atoms with Crippen LogP contribution >= 0.6 is 7.82 Å². The average Bonchev–Trinajstić information content (AvgIpc) is 3.29. The maximum atomic E-state index is 11.9. The lowest BCUT2D eigenvalue weighted by Crippen LogP contribution is -2.25. The van der Waals surface area contributed by atoms with Gasteiger partial charge in [0.2, 0.25) is 0 Å². The molecule has 1 atom stereocenters. The van der Waals surface area contributed by atoms with Crippen LogP contribution in [0.15, 0.2) is 33.6 Å². The van der Waals surface area contributed by atoms with Crippen LogP contribution in [0, 0.1) is 0 Å². The number of ether oxygens (including phenoxy) is 2. The summed E-state index contributed by atoms with van der Waals surface area (Å²) < 4.78 is 32.2. The van der Waals surface area contributed by atoms with Crippen molar-refractivity contribution >= 4 is 32.0 Å². The molecule has 0 saturated heterocycles. The average molecular weight is 462 g/mol. The van der Waals surface area contributed by atoms with E-state index in [9.17, 15) is 28.6 Å². The molecule has 0 radical (unpaired) electrons. The van der Waals surface area contributed by atoms with Gasteiger partial charge in [0.1, 0.15) is 4.70 Å². The molecular formula is C12H15N8O10P+2. The first-order valence-electron chi connectivity index (χ1n) is 7.85. The van der Waals surface area contributed by atoms with E-state index < -0.39 is 44.9 Å². The molecule has 31 heavy (non-hydrogen) atoms. The van der Waals surface area contributed by atoms with Crippen LogP contribution in [0.3, 0.4) is 0 Å². The van der Waals surface area contributed by atoms with Gasteiger partial charge in [-0.05, 0) is 10.4 Å². The number of phosphoric acid groups is 1. The zero-order valence-corrected chi connectivity index (χ0v) is 16.8. The summed E-state index contributed by atoms with van der Waals surface area (Å²) in [7, 11) is -2.51. The summed E-state index contributed by atoms with van der Waals surface area (Å²) in [6.07, 6.45) is 3.70. The molecule has 1 aliphatic rings. The number of carbonyl (C=O) groups is 3. The number of hydrogen-bond acceptors (Lipinski definition) is 13. The lowest BCUT2D eigenvalue weighted by atomic mass is 10.6. The van der Waals surface area contributed by atoms with E-state index in [0.29, 0.717) is 18.8 Å². The van der Waals surface area contributed by atoms with Gasteiger partial charge in [0, 0.05) is 17.0 Å². The molecule has 2 heterocycles. The Morgan fingerprint density at radius 2 is 1.77 bits per heavy atom. The Balaban J connectivity index is 1.88. The van der Waals surface area contributed by atoms with E-state index in [0.717, 1.165) is 38.8 Å². The zero-order valence-electron chi connectivity index (χ0n) is 15.9. The number of carbonyl (C=O) groups excluding carboxylic acids is 3. The van der Waals surface area contributed by atoms with Crippen LogP contribution < -0.4 is 5.69 Å². The predicted octanol–water partition coefficient (Wildman–Crippen LogP) is -1.20. The molecule has 166 valence electrons. The van der Waals surface area contributed by atoms with Crippen molar-refractivity contribution in [3.63, 3.8) is 0 Å². The number of phosphoric ester groups is 1. The van der Waals surface area contributed by atoms with E-state index in [1.54, 1.807) is 0 Å². The minimum absolute atomic E-state index is 0.550. The lowest BCUT2D eigenvalue weighted by molar-refractivity contribution is -0.584. The smallest absolute Gasteiger partial charge is 0.466 e. The predicted molar refractivity (Wildman–Crippen MR) is 90.4 cm³/mol. The van der Waals surface area contributed by atoms with Crippen molar-refractivity contribution in [3.8, 4) is 0 Å². The molecular weight excluding hydrogens is 447 g/mol. The molecule has 0 aliphatic carbocycles. The van der Waals surface area contributed by atoms with Crippen molar-refractivity contribution in [1.29, 1.82) is 0 Å². The minimum atomic E-state index is -4.77. The third-order valence-corrected chi connectivity index (χ3v) is 4.00. The summed E-state index contributed by atoms with van der Waals surface area (Å²) in [6.45, 7) is -1.69. The van der Waals surface area contributed by atoms with Crippen LogP contribution in [0.1, 0.15) is 0 Å². The van der Waals surface area contributed by atoms with Crippen LogP contribution in [0.25, 0.3) is 6.20 Å². The number of rotatable bonds is 10. The fourth-order valence-electron chi connectivity index (χ4n) is 1.61. The van der Waals surface area contributed by atoms with Gasteiger partial charge in [0.25, 0.3) is 12.0 Å². The van der Waals surface area contributed by atoms with Crippen molar-refractivity contribution in [1.82, 2.24) is 19.8 Å². The number of aromatic nitrogens is 4. The number of tetrazole rings is 1. The highest BCUT2D eigenvalue weighted by atomic mass is 31.2. The van der Waals surface area contributed by atoms with Gasteiger partial charge in [-0.2, -0.15) is 14.2 Å². The highest BCUT2D eigenvalue weighted by Crippen LogP contribution is 2.43. The number of methoxy groups -OCH3 is 2. The fourth-order valence-corrected chi connectivity index (χ4v) is 2.20. The van der Waals surface area contributed by atoms with E-state index in [2.05, 4.69) is 39.4 Å². The van der Waals surface area contributed by atoms with Gasteiger partial charge < -0.3 is 14.4 Å². The monoisotopic (exact) mass is 462 g/mol. The number of esters is 2. The summed E-state index contributed by atoms with van der Waals surface area (Å²) in [6, 6.07) is -0.906. The Hall–Kier alpha value is -3.73. The molecule has 1 aliphatic heterocycles. The summed E-state index contributed by atoms with van der Waals surface area (Å²) in [4.78, 5) is 55.6. The van der Waals surface area contributed by atoms with Crippen molar-refractivity contribution in [2.24, 2.45) is 10.4 Å². The first-order valence-corrected chi connectivity index (χ1v) is 9.35. The van der Waals surface area contributed by atoms with Crippen LogP contribution in [0.4, 0.5) is 4.79 Å². The zero-order chi connectivity index (χ0) is 23.0. The fraction of sp³-hybridized carbons (Fsp3) is 0.333. The molecule has 0 aromatic carbocycles. The quantitative estimate of drug-likeness (QED) is 0.188. The van der Waals surface area contributed by atoms with Crippen molar-refractivity contribution in [2.45, 2.75) is 6.73 Å². The van der Waals surface area contributed by atoms with Gasteiger partial charge in [-0.3, -0.25) is 4.52 Å². The van der Waals surface area contributed by atoms with Gasteiger partial charge in [-0.1, -0.05) is 0 Å². The largest absolute Gasteiger partial charge is 0.640 e. The second kappa shape index (κ2) is 10.3. The minimum Gasteiger partial charge on any atom is -0.466 e. The third-order valence-electron chi connectivity index (χ3n) is 3.11. The highest BCUT2D eigenvalue weighted by Gasteiger charge is 2.42. The van der Waals surface area contributed by atoms with Gasteiger partial charge >= 0.3 is 36.7 Å². The summed E-state index contributed by atoms with van der Waals surface area (Å²) in [5.74, 6) is -1.50. The second-order valence-electron chi connectivity index (χ2n) is 5.07. The molecule has 1 aromatic rings. The van der Waals surface area contributed by atoms with E-state index >= 15 is 0 Å². The Bertz CT molecular complexity index is 1100. The van der Waals surface area contributed by atoms with Gasteiger partial charge in [0.15, 0.2) is 12.9 Å². The molecule has 2 rings (SSSR count). The Labute approximate surface area is 171 Å². The first-order chi connectivity index (χ1) is 14.7. The molecule has 1 aromatic heterocycles. The first kappa shape index (κ1) is 23.5. The van der Waals surface area contributed by atoms with Crippen molar-refractivity contribution in [2.75, 3.05) is 21.0 Å². The van der Waals surface area contributed by atoms with Crippen LogP contribution in [0.5, 0.6) is 0 Å². The van der Waals surface area contributed by atoms with Gasteiger partial charge in [-0.15, -0.1) is 0 Å². The number of amides is 2. The standard InChI is InChI=1S/C12H14N8O10P/c1-27-9(21)3-5-17-11(23)19(15-13-17)7-29-31(25,26)30-8-20-12(24)18(14-16-20)6-4-10(22)28-2/h3-6H,7-8H2,1-2H3/q+1/p+1/b5-3+,6-4+. The third kappa shape index (κ3) is 6.64. The SMILES string of the molecule is COC(=O)/C=C/n1nnn(COP(=O)(O)OC[N+]2=NN=[N+](/C=C/C(=O)OC)C2=O)c1=O. The normalized spacial score (nSPS) is 15.8. The van der Waals surface area contributed by atoms with Gasteiger partial charge in [-0.25, -0.2) is 23.5 Å². The lowest BCUT2D eigenvalue weighted by Gasteiger charge is -2.08. The van der Waals surface area contributed by atoms with E-state index in [4.69, 9.17) is 0 Å². The van der Waals surface area contributed by atoms with Crippen LogP contribution in [-0.2, 0) is 39.4 Å².